The molecule has 8 nitrogen and oxygen atoms in total. The topological polar surface area (TPSA) is 104 Å². The summed E-state index contributed by atoms with van der Waals surface area (Å²) in [5.41, 5.74) is 76.5. The Balaban J connectivity index is 0.000000844. The zero-order valence-electron chi connectivity index (χ0n) is 81.8. The monoisotopic (exact) mass is 1780 g/mol. The van der Waals surface area contributed by atoms with Crippen LogP contribution in [0.15, 0.2) is 108 Å². The standard InChI is InChI=1S/C37H54N2.2C32H44N2.2C3H8N.2C2H5.Ni.Pd/c1-8-15-18-19-31-26-36(32-22-27(11-4)34(20-16-9-2)28(12-5)23-32)39(38)37(31)33-24-29(13-6)35(21-17-10-3)30(14-7)25-33;2*1-8-11-14-26-21-31(27-17-22(4)29(15-12-9-2)23(5)18-27)34(33)32(26)28-19-24(6)30(16-13-10-3)25(7)20-28;2*1-3-4-2;2*1-2;;/h22-26H,8-21H2,1-7H3;2*17-21H,8-16H2,1-7H3;2*3H2,1-2H3;2*1H2,2H3;;/q;;;4*-1;2*+2. The van der Waals surface area contributed by atoms with E-state index in [1.165, 1.54) is 226 Å². The number of hydrogen-bond donors (Lipinski definition) is 0. The molecule has 0 radical (unpaired) electrons. The van der Waals surface area contributed by atoms with Gasteiger partial charge in [0.2, 0.25) is 34.2 Å². The molecule has 121 heavy (non-hydrogen) atoms. The second kappa shape index (κ2) is 61.9. The van der Waals surface area contributed by atoms with Gasteiger partial charge in [-0.3, -0.25) is 0 Å². The van der Waals surface area contributed by atoms with Gasteiger partial charge < -0.3 is 41.1 Å². The van der Waals surface area contributed by atoms with Crippen molar-refractivity contribution in [1.82, 2.24) is 0 Å². The number of unbranched alkanes of at least 4 members (excludes halogenated alkanes) is 10. The van der Waals surface area contributed by atoms with Crippen molar-refractivity contribution >= 4 is 34.2 Å². The van der Waals surface area contributed by atoms with Crippen LogP contribution in [0.4, 0.5) is 0 Å². The van der Waals surface area contributed by atoms with Gasteiger partial charge in [-0.05, 0) is 370 Å². The van der Waals surface area contributed by atoms with Gasteiger partial charge in [0.05, 0.1) is 0 Å². The Morgan fingerprint density at radius 2 is 0.430 bits per heavy atom. The largest absolute Gasteiger partial charge is 2.00 e. The summed E-state index contributed by atoms with van der Waals surface area (Å²) in [6.45, 7) is 63.0. The predicted octanol–water partition coefficient (Wildman–Crippen LogP) is 33.9. The second-order valence-corrected chi connectivity index (χ2v) is 33.0. The van der Waals surface area contributed by atoms with Crippen LogP contribution in [-0.2, 0) is 101 Å². The molecule has 9 rings (SSSR count). The molecule has 0 unspecified atom stereocenters. The van der Waals surface area contributed by atoms with Gasteiger partial charge in [-0.25, -0.2) is 14.1 Å². The van der Waals surface area contributed by atoms with Gasteiger partial charge in [-0.1, -0.05) is 168 Å². The van der Waals surface area contributed by atoms with Gasteiger partial charge in [0, 0.05) is 68.3 Å². The molecule has 0 atom stereocenters. The van der Waals surface area contributed by atoms with Crippen molar-refractivity contribution in [2.45, 2.75) is 379 Å². The number of rotatable bonds is 40. The Labute approximate surface area is 767 Å². The molecule has 10 heteroatoms. The molecule has 3 aliphatic rings. The molecule has 0 bridgehead atoms. The molecule has 0 fully saturated rings. The van der Waals surface area contributed by atoms with E-state index in [2.05, 4.69) is 261 Å². The average molecular weight is 1780 g/mol. The molecule has 0 aliphatic carbocycles. The summed E-state index contributed by atoms with van der Waals surface area (Å²) in [5, 5.41) is 7.47. The van der Waals surface area contributed by atoms with Gasteiger partial charge in [-0.2, -0.15) is 41.0 Å². The number of nitrogens with zero attached hydrogens (tertiary/aromatic N) is 8. The molecule has 6 aromatic rings. The Morgan fingerprint density at radius 3 is 0.636 bits per heavy atom. The van der Waals surface area contributed by atoms with Crippen molar-refractivity contribution < 1.29 is 51.0 Å². The maximum absolute atomic E-state index is 11.9. The number of aryl methyl sites for hydroxylation is 12. The van der Waals surface area contributed by atoms with Crippen molar-refractivity contribution in [1.29, 1.82) is 0 Å². The van der Waals surface area contributed by atoms with Gasteiger partial charge in [0.25, 0.3) is 0 Å². The molecule has 3 aliphatic heterocycles. The summed E-state index contributed by atoms with van der Waals surface area (Å²) in [4.78, 5) is 0. The first-order valence-electron chi connectivity index (χ1n) is 47.5. The summed E-state index contributed by atoms with van der Waals surface area (Å²) >= 11 is 0. The first-order valence-corrected chi connectivity index (χ1v) is 47.5. The molecular weight excluding hydrogens is 1610 g/mol. The van der Waals surface area contributed by atoms with Crippen LogP contribution in [0.2, 0.25) is 0 Å². The Hall–Kier alpha value is -6.36. The number of allylic oxidation sites excluding steroid dienone is 6. The van der Waals surface area contributed by atoms with E-state index in [1.54, 1.807) is 27.9 Å². The Kier molecular flexibility index (Phi) is 57.6. The van der Waals surface area contributed by atoms with Gasteiger partial charge in [0.15, 0.2) is 0 Å². The third-order valence-electron chi connectivity index (χ3n) is 24.0. The van der Waals surface area contributed by atoms with Crippen LogP contribution in [0.3, 0.4) is 0 Å². The fraction of sp³-hybridized carbons (Fsp3) is 0.550. The van der Waals surface area contributed by atoms with Crippen molar-refractivity contribution in [2.75, 3.05) is 27.2 Å². The first-order chi connectivity index (χ1) is 57.4. The van der Waals surface area contributed by atoms with E-state index in [9.17, 15) is 16.6 Å². The van der Waals surface area contributed by atoms with E-state index in [0.717, 1.165) is 191 Å². The SMILES string of the molecule is CCCCC1=C(c2cc(C)c(CCCC)c(C)c2)[N+](=[N-])C(c2cc(C)c(CCCC)c(C)c2)=C1.CCCCC1=C(c2cc(C)c(CCCC)c(C)c2)[N+](=[N-])C(c2cc(C)c(CCCC)c(C)c2)=C1.CCCCCC1=C(c2cc(CC)c(CCCC)c(CC)c2)[N+](=[N-])C(c2cc(CC)c(CCCC)c(CC)c2)=C1.CC[N-]C.CC[N-]C.[CH2-]C.[CH2-]C.[Ni+2].[Pd+2]. The van der Waals surface area contributed by atoms with E-state index in [0.29, 0.717) is 0 Å². The minimum Gasteiger partial charge on any atom is -0.665 e. The smallest absolute Gasteiger partial charge is 0.665 e. The van der Waals surface area contributed by atoms with Crippen LogP contribution in [0.25, 0.3) is 61.4 Å². The van der Waals surface area contributed by atoms with E-state index in [1.807, 2.05) is 13.8 Å². The maximum Gasteiger partial charge on any atom is 2.00 e. The zero-order chi connectivity index (χ0) is 88.8. The molecule has 0 aromatic heterocycles. The van der Waals surface area contributed by atoms with Crippen molar-refractivity contribution in [3.63, 3.8) is 0 Å². The van der Waals surface area contributed by atoms with Crippen LogP contribution in [0, 0.1) is 69.2 Å². The van der Waals surface area contributed by atoms with E-state index in [-0.39, 0.29) is 36.9 Å². The van der Waals surface area contributed by atoms with Gasteiger partial charge >= 0.3 is 36.9 Å². The second-order valence-electron chi connectivity index (χ2n) is 33.0. The van der Waals surface area contributed by atoms with Crippen LogP contribution in [0.1, 0.15) is 392 Å². The molecular formula is C111H168N8NiPd. The summed E-state index contributed by atoms with van der Waals surface area (Å²) in [7, 11) is 3.61. The van der Waals surface area contributed by atoms with Gasteiger partial charge in [0.1, 0.15) is 0 Å². The summed E-state index contributed by atoms with van der Waals surface area (Å²) in [6, 6.07) is 27.6. The van der Waals surface area contributed by atoms with E-state index < -0.39 is 0 Å². The molecule has 0 spiro atoms. The molecule has 3 heterocycles. The quantitative estimate of drug-likeness (QED) is 0.0158. The maximum atomic E-state index is 11.9. The third kappa shape index (κ3) is 32.5. The van der Waals surface area contributed by atoms with Crippen LogP contribution in [0.5, 0.6) is 0 Å². The molecule has 6 aromatic carbocycles. The minimum absolute atomic E-state index is 0. The molecule has 0 N–H and O–H groups in total. The molecule has 672 valence electrons. The Bertz CT molecular complexity index is 4060. The van der Waals surface area contributed by atoms with Crippen LogP contribution in [-0.4, -0.2) is 41.3 Å². The van der Waals surface area contributed by atoms with E-state index in [4.69, 9.17) is 0 Å². The third-order valence-corrected chi connectivity index (χ3v) is 24.0. The molecule has 0 saturated carbocycles. The molecule has 0 saturated heterocycles. The summed E-state index contributed by atoms with van der Waals surface area (Å²) in [5.74, 6) is 0. The van der Waals surface area contributed by atoms with Crippen molar-refractivity contribution in [3.05, 3.63) is 282 Å². The zero-order valence-corrected chi connectivity index (χ0v) is 84.4. The average Bonchev–Trinajstić information content (AvgIpc) is 1.64. The van der Waals surface area contributed by atoms with Crippen LogP contribution >= 0.6 is 0 Å². The first kappa shape index (κ1) is 113. The van der Waals surface area contributed by atoms with E-state index >= 15 is 0 Å². The summed E-state index contributed by atoms with van der Waals surface area (Å²) < 4.78 is 4.46. The minimum atomic E-state index is 0. The van der Waals surface area contributed by atoms with Crippen molar-refractivity contribution in [2.24, 2.45) is 0 Å². The number of hydrogen-bond acceptors (Lipinski definition) is 0. The number of benzene rings is 6. The van der Waals surface area contributed by atoms with Crippen LogP contribution < -0.4 is 0 Å². The van der Waals surface area contributed by atoms with Crippen molar-refractivity contribution in [3.8, 4) is 0 Å². The fourth-order valence-corrected chi connectivity index (χ4v) is 17.1. The van der Waals surface area contributed by atoms with Gasteiger partial charge in [-0.15, -0.1) is 0 Å². The predicted molar refractivity (Wildman–Crippen MR) is 526 cm³/mol. The summed E-state index contributed by atoms with van der Waals surface area (Å²) in [6.07, 6.45) is 43.3. The Morgan fingerprint density at radius 1 is 0.256 bits per heavy atom. The molecule has 0 amide bonds. The fourth-order valence-electron chi connectivity index (χ4n) is 17.1. The normalized spacial score (nSPS) is 12.7.